The molecule has 0 fully saturated rings. The molecule has 0 saturated carbocycles. The van der Waals surface area contributed by atoms with Gasteiger partial charge >= 0.3 is 0 Å². The van der Waals surface area contributed by atoms with Crippen molar-refractivity contribution in [3.8, 4) is 11.5 Å². The lowest BCUT2D eigenvalue weighted by atomic mass is 10.1. The summed E-state index contributed by atoms with van der Waals surface area (Å²) in [6, 6.07) is 15.1. The average molecular weight is 377 g/mol. The van der Waals surface area contributed by atoms with Crippen LogP contribution in [0.2, 0.25) is 0 Å². The Hall–Kier alpha value is -3.87. The second-order valence-electron chi connectivity index (χ2n) is 5.80. The first-order valence-corrected chi connectivity index (χ1v) is 8.45. The van der Waals surface area contributed by atoms with Crippen molar-refractivity contribution < 1.29 is 19.1 Å². The van der Waals surface area contributed by atoms with Crippen molar-refractivity contribution in [2.24, 2.45) is 0 Å². The van der Waals surface area contributed by atoms with E-state index in [9.17, 15) is 9.59 Å². The standard InChI is InChI=1S/C21H19N3O4/c1-27-16-10-14(11-17(12-16)28-2)20(25)24-19-8-4-3-7-18(19)21(26)23-15-6-5-9-22-13-15/h3-13H,1-2H3,(H,23,26)(H,24,25). The van der Waals surface area contributed by atoms with E-state index in [1.165, 1.54) is 14.2 Å². The summed E-state index contributed by atoms with van der Waals surface area (Å²) in [7, 11) is 3.02. The van der Waals surface area contributed by atoms with Gasteiger partial charge in [0, 0.05) is 17.8 Å². The molecule has 142 valence electrons. The van der Waals surface area contributed by atoms with Crippen molar-refractivity contribution in [2.75, 3.05) is 24.9 Å². The van der Waals surface area contributed by atoms with Gasteiger partial charge in [0.1, 0.15) is 11.5 Å². The molecule has 0 spiro atoms. The summed E-state index contributed by atoms with van der Waals surface area (Å²) in [6.07, 6.45) is 3.16. The van der Waals surface area contributed by atoms with Crippen LogP contribution in [0.4, 0.5) is 11.4 Å². The van der Waals surface area contributed by atoms with E-state index in [1.54, 1.807) is 67.0 Å². The third kappa shape index (κ3) is 4.45. The third-order valence-corrected chi connectivity index (χ3v) is 3.95. The zero-order valence-corrected chi connectivity index (χ0v) is 15.4. The maximum absolute atomic E-state index is 12.7. The highest BCUT2D eigenvalue weighted by molar-refractivity contribution is 6.12. The monoisotopic (exact) mass is 377 g/mol. The van der Waals surface area contributed by atoms with Gasteiger partial charge in [0.2, 0.25) is 0 Å². The van der Waals surface area contributed by atoms with Crippen LogP contribution in [0.1, 0.15) is 20.7 Å². The predicted molar refractivity (Wildman–Crippen MR) is 106 cm³/mol. The van der Waals surface area contributed by atoms with Crippen LogP contribution < -0.4 is 20.1 Å². The number of ether oxygens (including phenoxy) is 2. The Labute approximate surface area is 162 Å². The molecule has 0 radical (unpaired) electrons. The van der Waals surface area contributed by atoms with Gasteiger partial charge in [-0.3, -0.25) is 14.6 Å². The zero-order chi connectivity index (χ0) is 19.9. The number of carbonyl (C=O) groups excluding carboxylic acids is 2. The summed E-state index contributed by atoms with van der Waals surface area (Å²) in [5.41, 5.74) is 1.62. The second kappa shape index (κ2) is 8.68. The Balaban J connectivity index is 1.83. The molecule has 0 aliphatic carbocycles. The van der Waals surface area contributed by atoms with Crippen LogP contribution in [0.15, 0.2) is 67.0 Å². The number of carbonyl (C=O) groups is 2. The van der Waals surface area contributed by atoms with Gasteiger partial charge in [-0.25, -0.2) is 0 Å². The van der Waals surface area contributed by atoms with E-state index in [0.717, 1.165) is 0 Å². The minimum atomic E-state index is -0.390. The van der Waals surface area contributed by atoms with Gasteiger partial charge in [0.25, 0.3) is 11.8 Å². The van der Waals surface area contributed by atoms with Crippen LogP contribution in [-0.4, -0.2) is 31.0 Å². The molecule has 0 saturated heterocycles. The maximum Gasteiger partial charge on any atom is 0.257 e. The van der Waals surface area contributed by atoms with Crippen molar-refractivity contribution in [3.63, 3.8) is 0 Å². The topological polar surface area (TPSA) is 89.5 Å². The Bertz CT molecular complexity index is 968. The number of benzene rings is 2. The van der Waals surface area contributed by atoms with E-state index in [-0.39, 0.29) is 11.8 Å². The van der Waals surface area contributed by atoms with Gasteiger partial charge in [-0.15, -0.1) is 0 Å². The summed E-state index contributed by atoms with van der Waals surface area (Å²) in [6.45, 7) is 0. The number of nitrogens with zero attached hydrogens (tertiary/aromatic N) is 1. The largest absolute Gasteiger partial charge is 0.497 e. The van der Waals surface area contributed by atoms with E-state index in [1.807, 2.05) is 0 Å². The zero-order valence-electron chi connectivity index (χ0n) is 15.4. The summed E-state index contributed by atoms with van der Waals surface area (Å²) in [5.74, 6) is 0.241. The molecule has 0 aliphatic rings. The summed E-state index contributed by atoms with van der Waals surface area (Å²) >= 11 is 0. The molecule has 0 unspecified atom stereocenters. The lowest BCUT2D eigenvalue weighted by Gasteiger charge is -2.12. The molecular formula is C21H19N3O4. The Morgan fingerprint density at radius 2 is 1.57 bits per heavy atom. The average Bonchev–Trinajstić information content (AvgIpc) is 2.74. The summed E-state index contributed by atoms with van der Waals surface area (Å²) < 4.78 is 10.4. The smallest absolute Gasteiger partial charge is 0.257 e. The number of nitrogens with one attached hydrogen (secondary N) is 2. The van der Waals surface area contributed by atoms with Crippen LogP contribution in [-0.2, 0) is 0 Å². The summed E-state index contributed by atoms with van der Waals surface area (Å²) in [4.78, 5) is 29.3. The maximum atomic E-state index is 12.7. The minimum Gasteiger partial charge on any atom is -0.497 e. The fraction of sp³-hybridized carbons (Fsp3) is 0.0952. The van der Waals surface area contributed by atoms with Gasteiger partial charge in [-0.1, -0.05) is 12.1 Å². The molecule has 0 bridgehead atoms. The number of methoxy groups -OCH3 is 2. The van der Waals surface area contributed by atoms with Crippen LogP contribution in [0.3, 0.4) is 0 Å². The quantitative estimate of drug-likeness (QED) is 0.685. The van der Waals surface area contributed by atoms with Crippen molar-refractivity contribution >= 4 is 23.2 Å². The molecule has 1 heterocycles. The molecule has 3 rings (SSSR count). The number of aromatic nitrogens is 1. The number of hydrogen-bond acceptors (Lipinski definition) is 5. The molecule has 7 heteroatoms. The lowest BCUT2D eigenvalue weighted by molar-refractivity contribution is 0.102. The number of para-hydroxylation sites is 1. The first-order valence-electron chi connectivity index (χ1n) is 8.45. The molecule has 7 nitrogen and oxygen atoms in total. The number of rotatable bonds is 6. The van der Waals surface area contributed by atoms with Crippen molar-refractivity contribution in [2.45, 2.75) is 0 Å². The highest BCUT2D eigenvalue weighted by atomic mass is 16.5. The molecule has 1 aromatic heterocycles. The van der Waals surface area contributed by atoms with E-state index in [2.05, 4.69) is 15.6 Å². The molecule has 3 aromatic rings. The van der Waals surface area contributed by atoms with Crippen molar-refractivity contribution in [1.29, 1.82) is 0 Å². The fourth-order valence-electron chi connectivity index (χ4n) is 2.56. The normalized spacial score (nSPS) is 10.1. The Morgan fingerprint density at radius 3 is 2.21 bits per heavy atom. The molecule has 2 N–H and O–H groups in total. The molecule has 28 heavy (non-hydrogen) atoms. The van der Waals surface area contributed by atoms with Gasteiger partial charge in [-0.2, -0.15) is 0 Å². The highest BCUT2D eigenvalue weighted by Gasteiger charge is 2.15. The van der Waals surface area contributed by atoms with Crippen LogP contribution in [0.25, 0.3) is 0 Å². The van der Waals surface area contributed by atoms with Gasteiger partial charge in [-0.05, 0) is 36.4 Å². The fourth-order valence-corrected chi connectivity index (χ4v) is 2.56. The molecule has 2 amide bonds. The first kappa shape index (κ1) is 18.9. The highest BCUT2D eigenvalue weighted by Crippen LogP contribution is 2.24. The molecule has 0 atom stereocenters. The van der Waals surface area contributed by atoms with Gasteiger partial charge in [0.15, 0.2) is 0 Å². The van der Waals surface area contributed by atoms with E-state index >= 15 is 0 Å². The van der Waals surface area contributed by atoms with Crippen LogP contribution in [0.5, 0.6) is 11.5 Å². The minimum absolute atomic E-state index is 0.328. The Kier molecular flexibility index (Phi) is 5.86. The van der Waals surface area contributed by atoms with Crippen LogP contribution >= 0.6 is 0 Å². The first-order chi connectivity index (χ1) is 13.6. The number of amides is 2. The second-order valence-corrected chi connectivity index (χ2v) is 5.80. The Morgan fingerprint density at radius 1 is 0.857 bits per heavy atom. The van der Waals surface area contributed by atoms with Crippen LogP contribution in [0, 0.1) is 0 Å². The third-order valence-electron chi connectivity index (χ3n) is 3.95. The van der Waals surface area contributed by atoms with Crippen molar-refractivity contribution in [1.82, 2.24) is 4.98 Å². The molecular weight excluding hydrogens is 358 g/mol. The number of hydrogen-bond donors (Lipinski definition) is 2. The van der Waals surface area contributed by atoms with E-state index < -0.39 is 0 Å². The van der Waals surface area contributed by atoms with Gasteiger partial charge in [0.05, 0.1) is 37.4 Å². The van der Waals surface area contributed by atoms with E-state index in [0.29, 0.717) is 34.0 Å². The van der Waals surface area contributed by atoms with Crippen molar-refractivity contribution in [3.05, 3.63) is 78.1 Å². The molecule has 0 aliphatic heterocycles. The van der Waals surface area contributed by atoms with Gasteiger partial charge < -0.3 is 20.1 Å². The summed E-state index contributed by atoms with van der Waals surface area (Å²) in [5, 5.41) is 5.53. The number of pyridine rings is 1. The molecule has 2 aromatic carbocycles. The lowest BCUT2D eigenvalue weighted by Crippen LogP contribution is -2.18. The van der Waals surface area contributed by atoms with E-state index in [4.69, 9.17) is 9.47 Å². The predicted octanol–water partition coefficient (Wildman–Crippen LogP) is 3.60. The SMILES string of the molecule is COc1cc(OC)cc(C(=O)Nc2ccccc2C(=O)Nc2cccnc2)c1. The number of anilines is 2.